The molecule has 5 nitrogen and oxygen atoms in total. The molecule has 1 saturated carbocycles. The molecule has 0 bridgehead atoms. The summed E-state index contributed by atoms with van der Waals surface area (Å²) >= 11 is 1.41. The van der Waals surface area contributed by atoms with Crippen molar-refractivity contribution in [1.82, 2.24) is 5.32 Å². The number of aliphatic hydroxyl groups is 2. The van der Waals surface area contributed by atoms with Crippen LogP contribution in [0.5, 0.6) is 0 Å². The van der Waals surface area contributed by atoms with Crippen molar-refractivity contribution in [2.45, 2.75) is 30.5 Å². The molecule has 1 aromatic carbocycles. The lowest BCUT2D eigenvalue weighted by atomic mass is 9.91. The molecule has 0 saturated heterocycles. The number of carbonyl (C=O) groups is 1. The molecule has 6 heteroatoms. The Morgan fingerprint density at radius 3 is 2.62 bits per heavy atom. The number of rotatable bonds is 9. The number of nitrogens with two attached hydrogens (primary N) is 1. The number of thioether (sulfide) groups is 1. The van der Waals surface area contributed by atoms with Crippen LogP contribution in [0.4, 0.5) is 0 Å². The zero-order valence-corrected chi connectivity index (χ0v) is 12.7. The lowest BCUT2D eigenvalue weighted by molar-refractivity contribution is -0.124. The molecule has 2 unspecified atom stereocenters. The number of aliphatic hydroxyl groups excluding tert-OH is 2. The number of carbonyl (C=O) groups excluding carboxylic acids is 1. The first kappa shape index (κ1) is 16.3. The van der Waals surface area contributed by atoms with Gasteiger partial charge in [-0.3, -0.25) is 10.1 Å². The normalized spacial score (nSPS) is 19.0. The molecule has 0 radical (unpaired) electrons. The molecule has 0 spiro atoms. The highest BCUT2D eigenvalue weighted by molar-refractivity contribution is 7.99. The van der Waals surface area contributed by atoms with Gasteiger partial charge in [0.25, 0.3) is 0 Å². The van der Waals surface area contributed by atoms with E-state index in [9.17, 15) is 9.90 Å². The molecule has 0 aromatic heterocycles. The van der Waals surface area contributed by atoms with Gasteiger partial charge >= 0.3 is 0 Å². The third kappa shape index (κ3) is 4.20. The second kappa shape index (κ2) is 7.26. The Hall–Kier alpha value is -1.08. The van der Waals surface area contributed by atoms with E-state index in [4.69, 9.17) is 10.8 Å². The Morgan fingerprint density at radius 2 is 2.10 bits per heavy atom. The molecule has 21 heavy (non-hydrogen) atoms. The topological polar surface area (TPSA) is 95.6 Å². The van der Waals surface area contributed by atoms with Gasteiger partial charge in [-0.25, -0.2) is 0 Å². The first-order valence-corrected chi connectivity index (χ1v) is 8.24. The van der Waals surface area contributed by atoms with E-state index in [0.29, 0.717) is 17.5 Å². The van der Waals surface area contributed by atoms with Crippen LogP contribution in [0.3, 0.4) is 0 Å². The maximum Gasteiger partial charge on any atom is 0.243 e. The monoisotopic (exact) mass is 310 g/mol. The predicted octanol–water partition coefficient (Wildman–Crippen LogP) is 0.206. The SMILES string of the molecule is NC(=O)C(CSCC(O)CO)(NC1CC1)c1ccccc1. The second-order valence-electron chi connectivity index (χ2n) is 5.41. The molecular weight excluding hydrogens is 288 g/mol. The van der Waals surface area contributed by atoms with Gasteiger partial charge in [-0.15, -0.1) is 0 Å². The number of amides is 1. The van der Waals surface area contributed by atoms with Crippen LogP contribution >= 0.6 is 11.8 Å². The second-order valence-corrected chi connectivity index (χ2v) is 6.44. The van der Waals surface area contributed by atoms with Gasteiger partial charge in [0.05, 0.1) is 12.7 Å². The quantitative estimate of drug-likeness (QED) is 0.523. The molecule has 1 fully saturated rings. The van der Waals surface area contributed by atoms with Gasteiger partial charge in [0.1, 0.15) is 5.54 Å². The third-order valence-electron chi connectivity index (χ3n) is 3.55. The lowest BCUT2D eigenvalue weighted by Crippen LogP contribution is -2.55. The van der Waals surface area contributed by atoms with E-state index in [-0.39, 0.29) is 6.61 Å². The van der Waals surface area contributed by atoms with Crippen LogP contribution in [-0.2, 0) is 10.3 Å². The van der Waals surface area contributed by atoms with Gasteiger partial charge in [-0.05, 0) is 18.4 Å². The lowest BCUT2D eigenvalue weighted by Gasteiger charge is -2.32. The van der Waals surface area contributed by atoms with Gasteiger partial charge in [-0.2, -0.15) is 11.8 Å². The van der Waals surface area contributed by atoms with Gasteiger partial charge in [-0.1, -0.05) is 30.3 Å². The van der Waals surface area contributed by atoms with E-state index in [2.05, 4.69) is 5.32 Å². The molecular formula is C15H22N2O3S. The molecule has 1 amide bonds. The van der Waals surface area contributed by atoms with E-state index < -0.39 is 17.6 Å². The fourth-order valence-corrected chi connectivity index (χ4v) is 3.39. The highest BCUT2D eigenvalue weighted by Gasteiger charge is 2.42. The number of primary amides is 1. The Morgan fingerprint density at radius 1 is 1.43 bits per heavy atom. The van der Waals surface area contributed by atoms with E-state index in [1.165, 1.54) is 11.8 Å². The fraction of sp³-hybridized carbons (Fsp3) is 0.533. The van der Waals surface area contributed by atoms with Crippen molar-refractivity contribution in [3.8, 4) is 0 Å². The van der Waals surface area contributed by atoms with E-state index in [1.54, 1.807) is 0 Å². The minimum atomic E-state index is -0.928. The standard InChI is InChI=1S/C15H22N2O3S/c16-14(20)15(17-12-6-7-12,10-21-9-13(19)8-18)11-4-2-1-3-5-11/h1-5,12-13,17-19H,6-10H2,(H2,16,20). The highest BCUT2D eigenvalue weighted by Crippen LogP contribution is 2.31. The van der Waals surface area contributed by atoms with Crippen LogP contribution in [0.15, 0.2) is 30.3 Å². The van der Waals surface area contributed by atoms with Crippen LogP contribution in [0.2, 0.25) is 0 Å². The first-order chi connectivity index (χ1) is 10.1. The summed E-state index contributed by atoms with van der Waals surface area (Å²) in [5, 5.41) is 21.7. The van der Waals surface area contributed by atoms with Gasteiger partial charge < -0.3 is 15.9 Å². The summed E-state index contributed by atoms with van der Waals surface area (Å²) in [5.74, 6) is 0.386. The summed E-state index contributed by atoms with van der Waals surface area (Å²) in [5.41, 5.74) is 5.62. The van der Waals surface area contributed by atoms with Crippen molar-refractivity contribution in [1.29, 1.82) is 0 Å². The molecule has 1 aliphatic rings. The maximum atomic E-state index is 12.2. The summed E-state index contributed by atoms with van der Waals surface area (Å²) < 4.78 is 0. The van der Waals surface area contributed by atoms with Gasteiger partial charge in [0, 0.05) is 17.5 Å². The number of hydrogen-bond acceptors (Lipinski definition) is 5. The summed E-state index contributed by atoms with van der Waals surface area (Å²) in [4.78, 5) is 12.2. The van der Waals surface area contributed by atoms with Crippen molar-refractivity contribution >= 4 is 17.7 Å². The molecule has 2 atom stereocenters. The minimum Gasteiger partial charge on any atom is -0.394 e. The Kier molecular flexibility index (Phi) is 5.64. The maximum absolute atomic E-state index is 12.2. The molecule has 0 heterocycles. The predicted molar refractivity (Wildman–Crippen MR) is 83.9 cm³/mol. The van der Waals surface area contributed by atoms with Crippen molar-refractivity contribution in [2.75, 3.05) is 18.1 Å². The summed E-state index contributed by atoms with van der Waals surface area (Å²) in [6.07, 6.45) is 1.31. The van der Waals surface area contributed by atoms with Gasteiger partial charge in [0.15, 0.2) is 0 Å². The fourth-order valence-electron chi connectivity index (χ4n) is 2.19. The third-order valence-corrected chi connectivity index (χ3v) is 4.81. The Balaban J connectivity index is 2.17. The van der Waals surface area contributed by atoms with E-state index >= 15 is 0 Å². The number of nitrogens with one attached hydrogen (secondary N) is 1. The van der Waals surface area contributed by atoms with Crippen LogP contribution in [0, 0.1) is 0 Å². The zero-order chi connectivity index (χ0) is 15.3. The van der Waals surface area contributed by atoms with Crippen LogP contribution < -0.4 is 11.1 Å². The van der Waals surface area contributed by atoms with Crippen molar-refractivity contribution in [2.24, 2.45) is 5.73 Å². The van der Waals surface area contributed by atoms with Crippen molar-refractivity contribution in [3.05, 3.63) is 35.9 Å². The molecule has 1 aliphatic carbocycles. The van der Waals surface area contributed by atoms with Gasteiger partial charge in [0.2, 0.25) is 5.91 Å². The van der Waals surface area contributed by atoms with E-state index in [0.717, 1.165) is 18.4 Å². The molecule has 1 aromatic rings. The highest BCUT2D eigenvalue weighted by atomic mass is 32.2. The van der Waals surface area contributed by atoms with Crippen molar-refractivity contribution < 1.29 is 15.0 Å². The number of benzene rings is 1. The number of hydrogen-bond donors (Lipinski definition) is 4. The average molecular weight is 310 g/mol. The Labute approximate surface area is 128 Å². The van der Waals surface area contributed by atoms with Crippen LogP contribution in [-0.4, -0.2) is 46.4 Å². The molecule has 5 N–H and O–H groups in total. The molecule has 0 aliphatic heterocycles. The first-order valence-electron chi connectivity index (χ1n) is 7.08. The molecule has 2 rings (SSSR count). The largest absolute Gasteiger partial charge is 0.394 e. The van der Waals surface area contributed by atoms with Crippen LogP contribution in [0.1, 0.15) is 18.4 Å². The average Bonchev–Trinajstić information content (AvgIpc) is 3.30. The minimum absolute atomic E-state index is 0.280. The zero-order valence-electron chi connectivity index (χ0n) is 11.9. The summed E-state index contributed by atoms with van der Waals surface area (Å²) in [6.45, 7) is -0.280. The van der Waals surface area contributed by atoms with E-state index in [1.807, 2.05) is 30.3 Å². The summed E-state index contributed by atoms with van der Waals surface area (Å²) in [7, 11) is 0. The van der Waals surface area contributed by atoms with Crippen LogP contribution in [0.25, 0.3) is 0 Å². The Bertz CT molecular complexity index is 467. The smallest absolute Gasteiger partial charge is 0.243 e. The summed E-state index contributed by atoms with van der Waals surface area (Å²) in [6, 6.07) is 9.77. The van der Waals surface area contributed by atoms with Crippen molar-refractivity contribution in [3.63, 3.8) is 0 Å². The molecule has 116 valence electrons.